The highest BCUT2D eigenvalue weighted by molar-refractivity contribution is 7.90. The molecule has 2 aromatic carbocycles. The maximum Gasteiger partial charge on any atom is 0.269 e. The number of hydrogen-bond acceptors (Lipinski definition) is 6. The van der Waals surface area contributed by atoms with E-state index >= 15 is 0 Å². The Hall–Kier alpha value is -3.40. The second-order valence-corrected chi connectivity index (χ2v) is 11.2. The Bertz CT molecular complexity index is 1230. The summed E-state index contributed by atoms with van der Waals surface area (Å²) in [5, 5.41) is 2.91. The maximum absolute atomic E-state index is 13.4. The summed E-state index contributed by atoms with van der Waals surface area (Å²) < 4.78 is 31.7. The summed E-state index contributed by atoms with van der Waals surface area (Å²) >= 11 is 0. The summed E-state index contributed by atoms with van der Waals surface area (Å²) in [5.41, 5.74) is 0.972. The molecule has 0 spiro atoms. The number of sulfonamides is 1. The number of carbonyl (C=O) groups excluding carboxylic acids is 3. The number of nitrogens with zero attached hydrogens (tertiary/aromatic N) is 2. The number of fused-ring (bicyclic) bond motifs is 1. The van der Waals surface area contributed by atoms with E-state index in [9.17, 15) is 22.8 Å². The van der Waals surface area contributed by atoms with Crippen molar-refractivity contribution in [2.75, 3.05) is 20.2 Å². The predicted molar refractivity (Wildman–Crippen MR) is 139 cm³/mol. The molecule has 37 heavy (non-hydrogen) atoms. The van der Waals surface area contributed by atoms with E-state index in [2.05, 4.69) is 5.32 Å². The predicted octanol–water partition coefficient (Wildman–Crippen LogP) is 3.20. The normalized spacial score (nSPS) is 14.8. The van der Waals surface area contributed by atoms with Gasteiger partial charge in [0, 0.05) is 26.1 Å². The monoisotopic (exact) mass is 529 g/mol. The van der Waals surface area contributed by atoms with Crippen LogP contribution in [0.3, 0.4) is 0 Å². The SMILES string of the molecule is CCC(C(=O)NCC(C)C)N(Cc1ccc(OC)cc1)C(=O)CCCN1C(=O)c2ccccc2S1(=O)=O. The van der Waals surface area contributed by atoms with Gasteiger partial charge < -0.3 is 15.0 Å². The van der Waals surface area contributed by atoms with Gasteiger partial charge >= 0.3 is 0 Å². The second-order valence-electron chi connectivity index (χ2n) is 9.41. The largest absolute Gasteiger partial charge is 0.497 e. The lowest BCUT2D eigenvalue weighted by Gasteiger charge is -2.31. The van der Waals surface area contributed by atoms with Crippen LogP contribution in [0, 0.1) is 5.92 Å². The van der Waals surface area contributed by atoms with Gasteiger partial charge in [-0.2, -0.15) is 0 Å². The van der Waals surface area contributed by atoms with Crippen LogP contribution in [0.15, 0.2) is 53.4 Å². The number of nitrogens with one attached hydrogen (secondary N) is 1. The van der Waals surface area contributed by atoms with Crippen molar-refractivity contribution in [3.05, 3.63) is 59.7 Å². The Morgan fingerprint density at radius 2 is 1.76 bits per heavy atom. The molecule has 9 nitrogen and oxygen atoms in total. The Morgan fingerprint density at radius 1 is 1.08 bits per heavy atom. The van der Waals surface area contributed by atoms with E-state index in [1.165, 1.54) is 17.0 Å². The third-order valence-corrected chi connectivity index (χ3v) is 8.09. The Labute approximate surface area is 218 Å². The average molecular weight is 530 g/mol. The molecule has 0 radical (unpaired) electrons. The van der Waals surface area contributed by atoms with Crippen LogP contribution in [0.25, 0.3) is 0 Å². The minimum atomic E-state index is -3.94. The molecule has 1 N–H and O–H groups in total. The van der Waals surface area contributed by atoms with Gasteiger partial charge in [-0.15, -0.1) is 0 Å². The minimum absolute atomic E-state index is 0.0136. The summed E-state index contributed by atoms with van der Waals surface area (Å²) in [6, 6.07) is 12.7. The third kappa shape index (κ3) is 6.49. The van der Waals surface area contributed by atoms with E-state index < -0.39 is 22.0 Å². The van der Waals surface area contributed by atoms with Gasteiger partial charge in [-0.1, -0.05) is 45.0 Å². The van der Waals surface area contributed by atoms with Gasteiger partial charge in [-0.25, -0.2) is 12.7 Å². The summed E-state index contributed by atoms with van der Waals surface area (Å²) in [7, 11) is -2.37. The van der Waals surface area contributed by atoms with Crippen molar-refractivity contribution in [2.45, 2.75) is 57.5 Å². The number of benzene rings is 2. The lowest BCUT2D eigenvalue weighted by atomic mass is 10.1. The summed E-state index contributed by atoms with van der Waals surface area (Å²) in [6.45, 7) is 6.42. The molecule has 1 aliphatic heterocycles. The fourth-order valence-corrected chi connectivity index (χ4v) is 5.85. The standard InChI is InChI=1S/C27H35N3O6S/c1-5-23(26(32)28-17-19(2)3)29(18-20-12-14-21(36-4)15-13-20)25(31)11-8-16-30-27(33)22-9-6-7-10-24(22)37(30,34)35/h6-7,9-10,12-15,19,23H,5,8,11,16-18H2,1-4H3,(H,28,32). The smallest absolute Gasteiger partial charge is 0.269 e. The molecule has 0 aromatic heterocycles. The number of ether oxygens (including phenoxy) is 1. The van der Waals surface area contributed by atoms with Crippen molar-refractivity contribution < 1.29 is 27.5 Å². The Morgan fingerprint density at radius 3 is 2.35 bits per heavy atom. The molecule has 1 aliphatic rings. The Balaban J connectivity index is 1.74. The fraction of sp³-hybridized carbons (Fsp3) is 0.444. The molecule has 1 atom stereocenters. The molecule has 200 valence electrons. The highest BCUT2D eigenvalue weighted by Gasteiger charge is 2.40. The molecular weight excluding hydrogens is 494 g/mol. The van der Waals surface area contributed by atoms with Gasteiger partial charge in [0.2, 0.25) is 11.8 Å². The van der Waals surface area contributed by atoms with Gasteiger partial charge in [0.1, 0.15) is 16.7 Å². The van der Waals surface area contributed by atoms with Crippen LogP contribution < -0.4 is 10.1 Å². The van der Waals surface area contributed by atoms with Crippen molar-refractivity contribution in [1.29, 1.82) is 0 Å². The lowest BCUT2D eigenvalue weighted by molar-refractivity contribution is -0.141. The molecule has 0 bridgehead atoms. The van der Waals surface area contributed by atoms with Gasteiger partial charge in [-0.3, -0.25) is 14.4 Å². The summed E-state index contributed by atoms with van der Waals surface area (Å²) in [6.07, 6.45) is 0.542. The van der Waals surface area contributed by atoms with Crippen LogP contribution in [-0.2, 0) is 26.2 Å². The summed E-state index contributed by atoms with van der Waals surface area (Å²) in [5.74, 6) is -0.163. The second kappa shape index (κ2) is 12.2. The lowest BCUT2D eigenvalue weighted by Crippen LogP contribution is -2.49. The molecule has 0 aliphatic carbocycles. The zero-order valence-electron chi connectivity index (χ0n) is 21.8. The van der Waals surface area contributed by atoms with Crippen LogP contribution >= 0.6 is 0 Å². The van der Waals surface area contributed by atoms with Crippen molar-refractivity contribution in [2.24, 2.45) is 5.92 Å². The number of carbonyl (C=O) groups is 3. The molecule has 1 heterocycles. The molecule has 3 amide bonds. The molecule has 0 fully saturated rings. The first-order chi connectivity index (χ1) is 17.6. The van der Waals surface area contributed by atoms with E-state index in [0.717, 1.165) is 9.87 Å². The first kappa shape index (κ1) is 28.2. The van der Waals surface area contributed by atoms with Crippen LogP contribution in [-0.4, -0.2) is 61.6 Å². The molecule has 10 heteroatoms. The third-order valence-electron chi connectivity index (χ3n) is 6.25. The van der Waals surface area contributed by atoms with E-state index in [-0.39, 0.29) is 54.1 Å². The molecule has 0 saturated carbocycles. The molecular formula is C27H35N3O6S. The number of hydrogen-bond donors (Lipinski definition) is 1. The molecule has 3 rings (SSSR count). The number of amides is 3. The van der Waals surface area contributed by atoms with Gasteiger partial charge in [0.25, 0.3) is 15.9 Å². The van der Waals surface area contributed by atoms with E-state index in [1.54, 1.807) is 31.4 Å². The fourth-order valence-electron chi connectivity index (χ4n) is 4.24. The van der Waals surface area contributed by atoms with Crippen molar-refractivity contribution in [3.63, 3.8) is 0 Å². The molecule has 1 unspecified atom stereocenters. The van der Waals surface area contributed by atoms with Crippen molar-refractivity contribution in [3.8, 4) is 5.75 Å². The summed E-state index contributed by atoms with van der Waals surface area (Å²) in [4.78, 5) is 40.6. The van der Waals surface area contributed by atoms with Gasteiger partial charge in [0.05, 0.1) is 12.7 Å². The minimum Gasteiger partial charge on any atom is -0.497 e. The van der Waals surface area contributed by atoms with Gasteiger partial charge in [-0.05, 0) is 48.6 Å². The van der Waals surface area contributed by atoms with E-state index in [0.29, 0.717) is 18.7 Å². The van der Waals surface area contributed by atoms with Crippen LogP contribution in [0.1, 0.15) is 56.0 Å². The maximum atomic E-state index is 13.4. The van der Waals surface area contributed by atoms with Crippen molar-refractivity contribution in [1.82, 2.24) is 14.5 Å². The first-order valence-electron chi connectivity index (χ1n) is 12.5. The van der Waals surface area contributed by atoms with Gasteiger partial charge in [0.15, 0.2) is 0 Å². The zero-order valence-corrected chi connectivity index (χ0v) is 22.6. The Kier molecular flexibility index (Phi) is 9.31. The number of rotatable bonds is 12. The van der Waals surface area contributed by atoms with Crippen molar-refractivity contribution >= 4 is 27.7 Å². The van der Waals surface area contributed by atoms with Crippen LogP contribution in [0.2, 0.25) is 0 Å². The van der Waals surface area contributed by atoms with Crippen LogP contribution in [0.5, 0.6) is 5.75 Å². The molecule has 0 saturated heterocycles. The highest BCUT2D eigenvalue weighted by atomic mass is 32.2. The average Bonchev–Trinajstić information content (AvgIpc) is 3.08. The van der Waals surface area contributed by atoms with E-state index in [4.69, 9.17) is 4.74 Å². The zero-order chi connectivity index (χ0) is 27.2. The van der Waals surface area contributed by atoms with E-state index in [1.807, 2.05) is 32.9 Å². The highest BCUT2D eigenvalue weighted by Crippen LogP contribution is 2.30. The quantitative estimate of drug-likeness (QED) is 0.452. The number of methoxy groups -OCH3 is 1. The molecule has 2 aromatic rings. The van der Waals surface area contributed by atoms with Crippen LogP contribution in [0.4, 0.5) is 0 Å². The first-order valence-corrected chi connectivity index (χ1v) is 13.9. The topological polar surface area (TPSA) is 113 Å².